The first-order chi connectivity index (χ1) is 14.1. The maximum Gasteiger partial charge on any atom is 0.225 e. The van der Waals surface area contributed by atoms with Crippen molar-refractivity contribution in [3.05, 3.63) is 40.9 Å². The van der Waals surface area contributed by atoms with E-state index in [2.05, 4.69) is 11.4 Å². The highest BCUT2D eigenvalue weighted by Crippen LogP contribution is 2.42. The van der Waals surface area contributed by atoms with Gasteiger partial charge < -0.3 is 24.3 Å². The van der Waals surface area contributed by atoms with E-state index in [-0.39, 0.29) is 17.9 Å². The van der Waals surface area contributed by atoms with E-state index in [0.29, 0.717) is 37.0 Å². The topological polar surface area (TPSA) is 66.0 Å². The molecular formula is C22H24ClNO5. The Hall–Kier alpha value is -2.44. The zero-order valence-corrected chi connectivity index (χ0v) is 17.3. The molecule has 2 aromatic carbocycles. The maximum atomic E-state index is 12.2. The standard InChI is InChI=1S/C22H24ClNO5/c1-26-16-3-4-20(27-2)18(10-16)14-7-15-8-17(29-21(15)19(23)9-14)11-24-22(25)13-5-6-28-12-13/h3-4,7,9-10,13,17H,5-6,8,11-12H2,1-2H3,(H,24,25)/t13-,17-/m0/s1. The lowest BCUT2D eigenvalue weighted by Gasteiger charge is -2.14. The number of halogens is 1. The number of rotatable bonds is 6. The van der Waals surface area contributed by atoms with E-state index < -0.39 is 0 Å². The van der Waals surface area contributed by atoms with Crippen molar-refractivity contribution in [2.75, 3.05) is 34.0 Å². The third-order valence-corrected chi connectivity index (χ3v) is 5.66. The molecule has 29 heavy (non-hydrogen) atoms. The summed E-state index contributed by atoms with van der Waals surface area (Å²) >= 11 is 6.52. The Morgan fingerprint density at radius 1 is 1.24 bits per heavy atom. The molecule has 2 aliphatic heterocycles. The second-order valence-corrected chi connectivity index (χ2v) is 7.67. The molecule has 0 aliphatic carbocycles. The van der Waals surface area contributed by atoms with E-state index in [1.54, 1.807) is 14.2 Å². The van der Waals surface area contributed by atoms with Gasteiger partial charge in [-0.05, 0) is 42.3 Å². The molecule has 4 rings (SSSR count). The Morgan fingerprint density at radius 2 is 2.10 bits per heavy atom. The first-order valence-electron chi connectivity index (χ1n) is 9.66. The van der Waals surface area contributed by atoms with Crippen LogP contribution in [0.5, 0.6) is 17.2 Å². The number of hydrogen-bond donors (Lipinski definition) is 1. The van der Waals surface area contributed by atoms with Crippen LogP contribution < -0.4 is 19.5 Å². The normalized spacial score (nSPS) is 20.1. The van der Waals surface area contributed by atoms with E-state index in [0.717, 1.165) is 34.6 Å². The fraction of sp³-hybridized carbons (Fsp3) is 0.409. The van der Waals surface area contributed by atoms with Gasteiger partial charge in [0.25, 0.3) is 0 Å². The Balaban J connectivity index is 1.50. The smallest absolute Gasteiger partial charge is 0.225 e. The van der Waals surface area contributed by atoms with E-state index >= 15 is 0 Å². The summed E-state index contributed by atoms with van der Waals surface area (Å²) < 4.78 is 22.1. The van der Waals surface area contributed by atoms with Crippen molar-refractivity contribution in [3.63, 3.8) is 0 Å². The van der Waals surface area contributed by atoms with Crippen molar-refractivity contribution in [2.24, 2.45) is 5.92 Å². The monoisotopic (exact) mass is 417 g/mol. The van der Waals surface area contributed by atoms with E-state index in [4.69, 9.17) is 30.5 Å². The largest absolute Gasteiger partial charge is 0.497 e. The molecule has 1 saturated heterocycles. The first kappa shape index (κ1) is 19.9. The maximum absolute atomic E-state index is 12.2. The molecule has 1 amide bonds. The van der Waals surface area contributed by atoms with Crippen LogP contribution in [0.2, 0.25) is 5.02 Å². The minimum Gasteiger partial charge on any atom is -0.497 e. The van der Waals surface area contributed by atoms with Crippen LogP contribution in [-0.4, -0.2) is 46.0 Å². The summed E-state index contributed by atoms with van der Waals surface area (Å²) in [6, 6.07) is 9.58. The van der Waals surface area contributed by atoms with Crippen molar-refractivity contribution in [3.8, 4) is 28.4 Å². The summed E-state index contributed by atoms with van der Waals surface area (Å²) in [4.78, 5) is 12.2. The molecule has 1 fully saturated rings. The van der Waals surface area contributed by atoms with Crippen LogP contribution in [-0.2, 0) is 16.0 Å². The van der Waals surface area contributed by atoms with Crippen LogP contribution in [0.25, 0.3) is 11.1 Å². The minimum atomic E-state index is -0.142. The number of amides is 1. The second kappa shape index (κ2) is 8.51. The van der Waals surface area contributed by atoms with E-state index in [1.807, 2.05) is 24.3 Å². The lowest BCUT2D eigenvalue weighted by atomic mass is 9.99. The molecule has 154 valence electrons. The summed E-state index contributed by atoms with van der Waals surface area (Å²) in [6.07, 6.45) is 1.31. The van der Waals surface area contributed by atoms with Gasteiger partial charge >= 0.3 is 0 Å². The quantitative estimate of drug-likeness (QED) is 0.779. The van der Waals surface area contributed by atoms with Crippen LogP contribution in [0.3, 0.4) is 0 Å². The van der Waals surface area contributed by atoms with Gasteiger partial charge in [0.2, 0.25) is 5.91 Å². The van der Waals surface area contributed by atoms with Gasteiger partial charge in [0.05, 0.1) is 38.3 Å². The van der Waals surface area contributed by atoms with Crippen molar-refractivity contribution in [1.82, 2.24) is 5.32 Å². The number of carbonyl (C=O) groups is 1. The van der Waals surface area contributed by atoms with Gasteiger partial charge in [0.1, 0.15) is 23.4 Å². The lowest BCUT2D eigenvalue weighted by Crippen LogP contribution is -2.38. The van der Waals surface area contributed by atoms with Gasteiger partial charge in [-0.3, -0.25) is 4.79 Å². The number of fused-ring (bicyclic) bond motifs is 1. The summed E-state index contributed by atoms with van der Waals surface area (Å²) in [5.74, 6) is 2.12. The summed E-state index contributed by atoms with van der Waals surface area (Å²) in [7, 11) is 3.27. The molecular weight excluding hydrogens is 394 g/mol. The molecule has 0 unspecified atom stereocenters. The Kier molecular flexibility index (Phi) is 5.83. The van der Waals surface area contributed by atoms with E-state index in [9.17, 15) is 4.79 Å². The average Bonchev–Trinajstić information content (AvgIpc) is 3.41. The molecule has 2 atom stereocenters. The highest BCUT2D eigenvalue weighted by molar-refractivity contribution is 6.32. The van der Waals surface area contributed by atoms with Gasteiger partial charge in [0.15, 0.2) is 0 Å². The van der Waals surface area contributed by atoms with Crippen molar-refractivity contribution in [2.45, 2.75) is 18.9 Å². The average molecular weight is 418 g/mol. The Labute approximate surface area is 175 Å². The molecule has 0 aromatic heterocycles. The number of methoxy groups -OCH3 is 2. The summed E-state index contributed by atoms with van der Waals surface area (Å²) in [5, 5.41) is 3.52. The van der Waals surface area contributed by atoms with E-state index in [1.165, 1.54) is 0 Å². The summed E-state index contributed by atoms with van der Waals surface area (Å²) in [5.41, 5.74) is 2.84. The molecule has 6 nitrogen and oxygen atoms in total. The van der Waals surface area contributed by atoms with Gasteiger partial charge in [-0.1, -0.05) is 11.6 Å². The molecule has 2 heterocycles. The third kappa shape index (κ3) is 4.14. The van der Waals surface area contributed by atoms with Crippen LogP contribution in [0.1, 0.15) is 12.0 Å². The summed E-state index contributed by atoms with van der Waals surface area (Å²) in [6.45, 7) is 1.59. The third-order valence-electron chi connectivity index (χ3n) is 5.37. The van der Waals surface area contributed by atoms with Crippen LogP contribution in [0, 0.1) is 5.92 Å². The first-order valence-corrected chi connectivity index (χ1v) is 10.0. The number of carbonyl (C=O) groups excluding carboxylic acids is 1. The van der Waals surface area contributed by atoms with Crippen molar-refractivity contribution >= 4 is 17.5 Å². The molecule has 7 heteroatoms. The van der Waals surface area contributed by atoms with Crippen LogP contribution in [0.15, 0.2) is 30.3 Å². The predicted molar refractivity (Wildman–Crippen MR) is 110 cm³/mol. The molecule has 0 saturated carbocycles. The SMILES string of the molecule is COc1ccc(OC)c(-c2cc(Cl)c3c(c2)C[C@@H](CNC(=O)[C@H]2CCOC2)O3)c1. The second-order valence-electron chi connectivity index (χ2n) is 7.26. The molecule has 0 radical (unpaired) electrons. The van der Waals surface area contributed by atoms with Crippen molar-refractivity contribution in [1.29, 1.82) is 0 Å². The van der Waals surface area contributed by atoms with Crippen LogP contribution in [0.4, 0.5) is 0 Å². The molecule has 2 aromatic rings. The number of ether oxygens (including phenoxy) is 4. The molecule has 0 bridgehead atoms. The zero-order chi connectivity index (χ0) is 20.4. The number of benzene rings is 2. The van der Waals surface area contributed by atoms with Crippen molar-refractivity contribution < 1.29 is 23.7 Å². The molecule has 2 aliphatic rings. The fourth-order valence-electron chi connectivity index (χ4n) is 3.80. The highest BCUT2D eigenvalue weighted by atomic mass is 35.5. The highest BCUT2D eigenvalue weighted by Gasteiger charge is 2.29. The van der Waals surface area contributed by atoms with Gasteiger partial charge in [0, 0.05) is 24.2 Å². The van der Waals surface area contributed by atoms with Gasteiger partial charge in [-0.25, -0.2) is 0 Å². The number of hydrogen-bond acceptors (Lipinski definition) is 5. The lowest BCUT2D eigenvalue weighted by molar-refractivity contribution is -0.125. The molecule has 1 N–H and O–H groups in total. The van der Waals surface area contributed by atoms with Gasteiger partial charge in [-0.15, -0.1) is 0 Å². The fourth-order valence-corrected chi connectivity index (χ4v) is 4.08. The Bertz CT molecular complexity index is 910. The Morgan fingerprint density at radius 3 is 2.83 bits per heavy atom. The predicted octanol–water partition coefficient (Wildman–Crippen LogP) is 3.48. The van der Waals surface area contributed by atoms with Crippen LogP contribution >= 0.6 is 11.6 Å². The van der Waals surface area contributed by atoms with Gasteiger partial charge in [-0.2, -0.15) is 0 Å². The molecule has 0 spiro atoms. The number of nitrogens with one attached hydrogen (secondary N) is 1. The minimum absolute atomic E-state index is 0.0231. The zero-order valence-electron chi connectivity index (χ0n) is 16.5.